The molecule has 3 rings (SSSR count). The maximum Gasteiger partial charge on any atom is 0.319 e. The Morgan fingerprint density at radius 3 is 2.42 bits per heavy atom. The van der Waals surface area contributed by atoms with Crippen LogP contribution in [0, 0.1) is 6.92 Å². The first kappa shape index (κ1) is 22.5. The Bertz CT molecular complexity index is 1010. The van der Waals surface area contributed by atoms with Crippen molar-refractivity contribution in [2.45, 2.75) is 39.7 Å². The van der Waals surface area contributed by atoms with Crippen molar-refractivity contribution >= 4 is 29.0 Å². The summed E-state index contributed by atoms with van der Waals surface area (Å²) in [4.78, 5) is 28.6. The SMILES string of the molecule is Cc1ccc(-c2nc(CCNC(=O)Nc3ccc(CC(=O)NC(C)C)cc3)cs2)cc1. The van der Waals surface area contributed by atoms with Crippen molar-refractivity contribution in [1.29, 1.82) is 0 Å². The molecule has 3 aromatic rings. The fourth-order valence-electron chi connectivity index (χ4n) is 2.99. The molecule has 0 spiro atoms. The molecule has 1 heterocycles. The number of amides is 3. The fraction of sp³-hybridized carbons (Fsp3) is 0.292. The molecule has 31 heavy (non-hydrogen) atoms. The van der Waals surface area contributed by atoms with E-state index < -0.39 is 0 Å². The number of carbonyl (C=O) groups excluding carboxylic acids is 2. The van der Waals surface area contributed by atoms with E-state index in [0.29, 0.717) is 25.1 Å². The molecule has 0 saturated heterocycles. The number of carbonyl (C=O) groups is 2. The summed E-state index contributed by atoms with van der Waals surface area (Å²) >= 11 is 1.61. The first-order valence-electron chi connectivity index (χ1n) is 10.3. The van der Waals surface area contributed by atoms with Gasteiger partial charge in [-0.25, -0.2) is 9.78 Å². The van der Waals surface area contributed by atoms with Gasteiger partial charge in [-0.3, -0.25) is 4.79 Å². The van der Waals surface area contributed by atoms with E-state index >= 15 is 0 Å². The lowest BCUT2D eigenvalue weighted by Gasteiger charge is -2.10. The third-order valence-corrected chi connectivity index (χ3v) is 5.48. The van der Waals surface area contributed by atoms with Crippen LogP contribution in [0.2, 0.25) is 0 Å². The van der Waals surface area contributed by atoms with Crippen LogP contribution in [0.3, 0.4) is 0 Å². The molecule has 0 radical (unpaired) electrons. The van der Waals surface area contributed by atoms with E-state index in [-0.39, 0.29) is 18.0 Å². The minimum atomic E-state index is -0.265. The monoisotopic (exact) mass is 436 g/mol. The summed E-state index contributed by atoms with van der Waals surface area (Å²) in [6.07, 6.45) is 0.989. The number of thiazole rings is 1. The van der Waals surface area contributed by atoms with Gasteiger partial charge in [0, 0.05) is 35.6 Å². The van der Waals surface area contributed by atoms with Crippen molar-refractivity contribution in [3.8, 4) is 10.6 Å². The molecule has 162 valence electrons. The normalized spacial score (nSPS) is 10.7. The van der Waals surface area contributed by atoms with Gasteiger partial charge in [-0.15, -0.1) is 11.3 Å². The lowest BCUT2D eigenvalue weighted by molar-refractivity contribution is -0.120. The Morgan fingerprint density at radius 1 is 1.03 bits per heavy atom. The Balaban J connectivity index is 1.42. The Hall–Kier alpha value is -3.19. The largest absolute Gasteiger partial charge is 0.354 e. The molecular weight excluding hydrogens is 408 g/mol. The van der Waals surface area contributed by atoms with Crippen LogP contribution in [0.1, 0.15) is 30.7 Å². The van der Waals surface area contributed by atoms with Gasteiger partial charge in [0.2, 0.25) is 5.91 Å². The zero-order chi connectivity index (χ0) is 22.2. The maximum atomic E-state index is 12.1. The van der Waals surface area contributed by atoms with E-state index in [1.165, 1.54) is 5.56 Å². The second-order valence-electron chi connectivity index (χ2n) is 7.74. The summed E-state index contributed by atoms with van der Waals surface area (Å²) in [5.74, 6) is -0.0129. The zero-order valence-electron chi connectivity index (χ0n) is 18.1. The van der Waals surface area contributed by atoms with Crippen molar-refractivity contribution in [3.05, 3.63) is 70.7 Å². The number of benzene rings is 2. The van der Waals surface area contributed by atoms with Gasteiger partial charge >= 0.3 is 6.03 Å². The summed E-state index contributed by atoms with van der Waals surface area (Å²) in [6, 6.07) is 15.4. The number of aryl methyl sites for hydroxylation is 1. The summed E-state index contributed by atoms with van der Waals surface area (Å²) in [5, 5.41) is 11.5. The number of hydrogen-bond acceptors (Lipinski definition) is 4. The van der Waals surface area contributed by atoms with E-state index in [4.69, 9.17) is 0 Å². The first-order valence-corrected chi connectivity index (χ1v) is 11.2. The van der Waals surface area contributed by atoms with Crippen LogP contribution < -0.4 is 16.0 Å². The van der Waals surface area contributed by atoms with Crippen LogP contribution in [-0.2, 0) is 17.6 Å². The molecule has 0 fully saturated rings. The van der Waals surface area contributed by atoms with Gasteiger partial charge in [0.05, 0.1) is 12.1 Å². The van der Waals surface area contributed by atoms with E-state index in [1.54, 1.807) is 23.5 Å². The Kier molecular flexibility index (Phi) is 7.78. The number of nitrogens with one attached hydrogen (secondary N) is 3. The molecule has 0 aliphatic heterocycles. The van der Waals surface area contributed by atoms with Crippen LogP contribution in [0.5, 0.6) is 0 Å². The van der Waals surface area contributed by atoms with E-state index in [0.717, 1.165) is 21.8 Å². The van der Waals surface area contributed by atoms with Gasteiger partial charge in [0.25, 0.3) is 0 Å². The standard InChI is InChI=1S/C24H28N4O2S/c1-16(2)26-22(29)14-18-6-10-20(11-7-18)28-24(30)25-13-12-21-15-31-23(27-21)19-8-4-17(3)5-9-19/h4-11,15-16H,12-14H2,1-3H3,(H,26,29)(H2,25,28,30). The molecule has 0 saturated carbocycles. The highest BCUT2D eigenvalue weighted by atomic mass is 32.1. The molecule has 0 aliphatic rings. The molecule has 0 unspecified atom stereocenters. The predicted octanol–water partition coefficient (Wildman–Crippen LogP) is 4.55. The molecule has 0 bridgehead atoms. The highest BCUT2D eigenvalue weighted by molar-refractivity contribution is 7.13. The fourth-order valence-corrected chi connectivity index (χ4v) is 3.85. The number of urea groups is 1. The van der Waals surface area contributed by atoms with Crippen LogP contribution in [0.15, 0.2) is 53.9 Å². The average Bonchev–Trinajstić information content (AvgIpc) is 3.18. The molecule has 2 aromatic carbocycles. The molecule has 7 heteroatoms. The quantitative estimate of drug-likeness (QED) is 0.484. The number of hydrogen-bond donors (Lipinski definition) is 3. The lowest BCUT2D eigenvalue weighted by atomic mass is 10.1. The van der Waals surface area contributed by atoms with Crippen LogP contribution in [0.25, 0.3) is 10.6 Å². The molecule has 3 N–H and O–H groups in total. The van der Waals surface area contributed by atoms with Crippen molar-refractivity contribution < 1.29 is 9.59 Å². The molecule has 0 atom stereocenters. The first-order chi connectivity index (χ1) is 14.9. The summed E-state index contributed by atoms with van der Waals surface area (Å²) in [5.41, 5.74) is 4.88. The number of rotatable bonds is 8. The third kappa shape index (κ3) is 7.22. The Morgan fingerprint density at radius 2 is 1.74 bits per heavy atom. The van der Waals surface area contributed by atoms with Crippen molar-refractivity contribution in [3.63, 3.8) is 0 Å². The highest BCUT2D eigenvalue weighted by Crippen LogP contribution is 2.24. The topological polar surface area (TPSA) is 83.1 Å². The van der Waals surface area contributed by atoms with Gasteiger partial charge in [-0.05, 0) is 38.5 Å². The van der Waals surface area contributed by atoms with Crippen LogP contribution >= 0.6 is 11.3 Å². The lowest BCUT2D eigenvalue weighted by Crippen LogP contribution is -2.31. The van der Waals surface area contributed by atoms with Gasteiger partial charge < -0.3 is 16.0 Å². The third-order valence-electron chi connectivity index (χ3n) is 4.54. The van der Waals surface area contributed by atoms with E-state index in [1.807, 2.05) is 31.4 Å². The second-order valence-corrected chi connectivity index (χ2v) is 8.59. The van der Waals surface area contributed by atoms with E-state index in [2.05, 4.69) is 52.1 Å². The van der Waals surface area contributed by atoms with Gasteiger partial charge in [-0.2, -0.15) is 0 Å². The van der Waals surface area contributed by atoms with Crippen molar-refractivity contribution in [2.75, 3.05) is 11.9 Å². The molecule has 3 amide bonds. The molecule has 6 nitrogen and oxygen atoms in total. The second kappa shape index (κ2) is 10.7. The minimum Gasteiger partial charge on any atom is -0.354 e. The van der Waals surface area contributed by atoms with E-state index in [9.17, 15) is 9.59 Å². The van der Waals surface area contributed by atoms with Crippen molar-refractivity contribution in [1.82, 2.24) is 15.6 Å². The molecular formula is C24H28N4O2S. The number of nitrogens with zero attached hydrogens (tertiary/aromatic N) is 1. The van der Waals surface area contributed by atoms with Gasteiger partial charge in [-0.1, -0.05) is 42.0 Å². The number of aromatic nitrogens is 1. The molecule has 0 aliphatic carbocycles. The van der Waals surface area contributed by atoms with Gasteiger partial charge in [0.15, 0.2) is 0 Å². The van der Waals surface area contributed by atoms with Gasteiger partial charge in [0.1, 0.15) is 5.01 Å². The smallest absolute Gasteiger partial charge is 0.319 e. The summed E-state index contributed by atoms with van der Waals surface area (Å²) < 4.78 is 0. The summed E-state index contributed by atoms with van der Waals surface area (Å²) in [7, 11) is 0. The minimum absolute atomic E-state index is 0.0129. The highest BCUT2D eigenvalue weighted by Gasteiger charge is 2.08. The van der Waals surface area contributed by atoms with Crippen molar-refractivity contribution in [2.24, 2.45) is 0 Å². The summed E-state index contributed by atoms with van der Waals surface area (Å²) in [6.45, 7) is 6.42. The predicted molar refractivity (Wildman–Crippen MR) is 126 cm³/mol. The average molecular weight is 437 g/mol. The number of anilines is 1. The van der Waals surface area contributed by atoms with Crippen LogP contribution in [-0.4, -0.2) is 29.5 Å². The molecule has 1 aromatic heterocycles. The Labute approximate surface area is 187 Å². The van der Waals surface area contributed by atoms with Crippen LogP contribution in [0.4, 0.5) is 10.5 Å². The zero-order valence-corrected chi connectivity index (χ0v) is 18.9. The maximum absolute atomic E-state index is 12.1.